The van der Waals surface area contributed by atoms with E-state index in [-0.39, 0.29) is 0 Å². The van der Waals surface area contributed by atoms with Gasteiger partial charge in [-0.1, -0.05) is 224 Å². The van der Waals surface area contributed by atoms with Crippen LogP contribution in [-0.4, -0.2) is 4.57 Å². The van der Waals surface area contributed by atoms with Crippen LogP contribution in [0.1, 0.15) is 22.3 Å². The first kappa shape index (κ1) is 40.8. The molecule has 0 fully saturated rings. The molecule has 0 saturated heterocycles. The summed E-state index contributed by atoms with van der Waals surface area (Å²) in [5.41, 5.74) is 18.8. The lowest BCUT2D eigenvalue weighted by molar-refractivity contribution is 0.767. The fraction of sp³-hybridized carbons (Fsp3) is 0.0145. The van der Waals surface area contributed by atoms with E-state index in [1.807, 2.05) is 0 Å². The molecule has 1 aromatic heterocycles. The van der Waals surface area contributed by atoms with Crippen molar-refractivity contribution in [3.8, 4) is 39.1 Å². The zero-order chi connectivity index (χ0) is 46.9. The van der Waals surface area contributed by atoms with Gasteiger partial charge in [0.1, 0.15) is 0 Å². The van der Waals surface area contributed by atoms with Crippen LogP contribution in [0.25, 0.3) is 82.4 Å². The zero-order valence-corrected chi connectivity index (χ0v) is 39.0. The second-order valence-corrected chi connectivity index (χ2v) is 18.8. The molecule has 0 amide bonds. The van der Waals surface area contributed by atoms with E-state index in [1.165, 1.54) is 93.4 Å². The van der Waals surface area contributed by atoms with E-state index in [4.69, 9.17) is 0 Å². The van der Waals surface area contributed by atoms with Gasteiger partial charge in [0.15, 0.2) is 0 Å². The number of hydrogen-bond acceptors (Lipinski definition) is 1. The van der Waals surface area contributed by atoms with E-state index in [2.05, 4.69) is 289 Å². The van der Waals surface area contributed by atoms with Crippen molar-refractivity contribution in [3.63, 3.8) is 0 Å². The molecule has 332 valence electrons. The van der Waals surface area contributed by atoms with Gasteiger partial charge < -0.3 is 9.47 Å². The lowest BCUT2D eigenvalue weighted by atomic mass is 9.67. The minimum atomic E-state index is -0.486. The van der Waals surface area contributed by atoms with Crippen molar-refractivity contribution in [3.05, 3.63) is 301 Å². The maximum absolute atomic E-state index is 2.48. The third-order valence-corrected chi connectivity index (χ3v) is 15.0. The summed E-state index contributed by atoms with van der Waals surface area (Å²) in [6, 6.07) is 103. The van der Waals surface area contributed by atoms with Gasteiger partial charge in [0, 0.05) is 33.2 Å². The minimum Gasteiger partial charge on any atom is -0.310 e. The van der Waals surface area contributed by atoms with Crippen molar-refractivity contribution in [1.82, 2.24) is 4.57 Å². The quantitative estimate of drug-likeness (QED) is 0.147. The fourth-order valence-corrected chi connectivity index (χ4v) is 11.8. The lowest BCUT2D eigenvalue weighted by Gasteiger charge is -2.34. The first-order valence-corrected chi connectivity index (χ1v) is 24.6. The van der Waals surface area contributed by atoms with Gasteiger partial charge in [0.2, 0.25) is 0 Å². The fourth-order valence-electron chi connectivity index (χ4n) is 11.8. The van der Waals surface area contributed by atoms with Crippen LogP contribution >= 0.6 is 0 Å². The Hall–Kier alpha value is -9.24. The molecule has 0 radical (unpaired) electrons. The molecule has 1 aliphatic carbocycles. The van der Waals surface area contributed by atoms with Gasteiger partial charge in [-0.25, -0.2) is 0 Å². The van der Waals surface area contributed by atoms with Crippen LogP contribution < -0.4 is 4.90 Å². The maximum Gasteiger partial charge on any atom is 0.0714 e. The van der Waals surface area contributed by atoms with Gasteiger partial charge >= 0.3 is 0 Å². The maximum atomic E-state index is 2.48. The normalized spacial score (nSPS) is 12.6. The Labute approximate surface area is 413 Å². The Kier molecular flexibility index (Phi) is 9.47. The second-order valence-electron chi connectivity index (χ2n) is 18.8. The molecule has 71 heavy (non-hydrogen) atoms. The first-order chi connectivity index (χ1) is 35.2. The van der Waals surface area contributed by atoms with Gasteiger partial charge in [0.05, 0.1) is 22.1 Å². The Morgan fingerprint density at radius 1 is 0.296 bits per heavy atom. The summed E-state index contributed by atoms with van der Waals surface area (Å²) in [5, 5.41) is 7.35. The number of fused-ring (bicyclic) bond motifs is 8. The number of anilines is 3. The second kappa shape index (κ2) is 16.5. The molecule has 1 heterocycles. The van der Waals surface area contributed by atoms with Crippen LogP contribution in [-0.2, 0) is 5.41 Å². The molecule has 14 rings (SSSR count). The van der Waals surface area contributed by atoms with Crippen molar-refractivity contribution in [2.75, 3.05) is 4.90 Å². The van der Waals surface area contributed by atoms with Crippen LogP contribution in [0, 0.1) is 0 Å². The number of para-hydroxylation sites is 1. The van der Waals surface area contributed by atoms with Crippen molar-refractivity contribution in [1.29, 1.82) is 0 Å². The van der Waals surface area contributed by atoms with E-state index in [0.29, 0.717) is 0 Å². The minimum absolute atomic E-state index is 0.486. The highest BCUT2D eigenvalue weighted by atomic mass is 15.1. The Bertz CT molecular complexity index is 4120. The van der Waals surface area contributed by atoms with Crippen molar-refractivity contribution in [2.24, 2.45) is 0 Å². The van der Waals surface area contributed by atoms with E-state index in [0.717, 1.165) is 28.3 Å². The first-order valence-electron chi connectivity index (χ1n) is 24.6. The Morgan fingerprint density at radius 2 is 0.873 bits per heavy atom. The highest BCUT2D eigenvalue weighted by Gasteiger charge is 2.46. The SMILES string of the molecule is c1ccc(C2(c3ccccc3)c3ccccc3-c3ccc(-n4c5ccccc5c5ccc(-c6ccc(-c7cccc(N(c8ccc9ccccc9c8)c8cccc9ccccc89)c7)cc6)cc54)cc32)cc1. The molecule has 0 bridgehead atoms. The van der Waals surface area contributed by atoms with Gasteiger partial charge in [-0.15, -0.1) is 0 Å². The van der Waals surface area contributed by atoms with Crippen LogP contribution in [0.3, 0.4) is 0 Å². The average Bonchev–Trinajstić information content (AvgIpc) is 3.94. The van der Waals surface area contributed by atoms with Crippen LogP contribution in [0.4, 0.5) is 17.1 Å². The topological polar surface area (TPSA) is 8.17 Å². The molecular formula is C69H46N2. The molecule has 2 nitrogen and oxygen atoms in total. The van der Waals surface area contributed by atoms with E-state index in [1.54, 1.807) is 0 Å². The number of hydrogen-bond donors (Lipinski definition) is 0. The van der Waals surface area contributed by atoms with E-state index >= 15 is 0 Å². The third kappa shape index (κ3) is 6.49. The predicted molar refractivity (Wildman–Crippen MR) is 299 cm³/mol. The number of aromatic nitrogens is 1. The molecule has 13 aromatic rings. The van der Waals surface area contributed by atoms with Gasteiger partial charge in [-0.3, -0.25) is 0 Å². The molecule has 0 atom stereocenters. The molecular weight excluding hydrogens is 857 g/mol. The van der Waals surface area contributed by atoms with Crippen LogP contribution in [0.5, 0.6) is 0 Å². The summed E-state index contributed by atoms with van der Waals surface area (Å²) < 4.78 is 2.48. The summed E-state index contributed by atoms with van der Waals surface area (Å²) in [6.07, 6.45) is 0. The van der Waals surface area contributed by atoms with Gasteiger partial charge in [-0.05, 0) is 126 Å². The average molecular weight is 903 g/mol. The third-order valence-electron chi connectivity index (χ3n) is 15.0. The Balaban J connectivity index is 0.874. The molecule has 0 aliphatic heterocycles. The standard InChI is InChI=1S/C69H46N2/c1-3-22-54(23-4-1)69(55-24-5-2-6-25-55)64-30-13-11-28-60(64)61-42-40-58(46-65(61)69)71-67-31-14-12-29-62(67)63-41-38-53(45-68(63)71)49-35-33-48(34-36-49)52-21-15-26-56(43-52)70(57-39-37-47-17-7-8-19-51(47)44-57)66-32-16-20-50-18-9-10-27-59(50)66/h1-46H. The predicted octanol–water partition coefficient (Wildman–Crippen LogP) is 18.3. The highest BCUT2D eigenvalue weighted by Crippen LogP contribution is 2.56. The Morgan fingerprint density at radius 3 is 1.66 bits per heavy atom. The van der Waals surface area contributed by atoms with Crippen molar-refractivity contribution < 1.29 is 0 Å². The molecule has 0 saturated carbocycles. The van der Waals surface area contributed by atoms with Crippen LogP contribution in [0.15, 0.2) is 279 Å². The molecule has 2 heteroatoms. The number of nitrogens with zero attached hydrogens (tertiary/aromatic N) is 2. The zero-order valence-electron chi connectivity index (χ0n) is 39.0. The molecule has 1 aliphatic rings. The molecule has 0 spiro atoms. The largest absolute Gasteiger partial charge is 0.310 e. The lowest BCUT2D eigenvalue weighted by Crippen LogP contribution is -2.28. The number of benzene rings is 12. The molecule has 12 aromatic carbocycles. The summed E-state index contributed by atoms with van der Waals surface area (Å²) in [4.78, 5) is 2.41. The van der Waals surface area contributed by atoms with E-state index in [9.17, 15) is 0 Å². The highest BCUT2D eigenvalue weighted by molar-refractivity contribution is 6.10. The van der Waals surface area contributed by atoms with Crippen molar-refractivity contribution in [2.45, 2.75) is 5.41 Å². The smallest absolute Gasteiger partial charge is 0.0714 e. The molecule has 0 N–H and O–H groups in total. The monoisotopic (exact) mass is 902 g/mol. The summed E-state index contributed by atoms with van der Waals surface area (Å²) >= 11 is 0. The van der Waals surface area contributed by atoms with Gasteiger partial charge in [-0.2, -0.15) is 0 Å². The summed E-state index contributed by atoms with van der Waals surface area (Å²) in [7, 11) is 0. The van der Waals surface area contributed by atoms with Gasteiger partial charge in [0.25, 0.3) is 0 Å². The van der Waals surface area contributed by atoms with E-state index < -0.39 is 5.41 Å². The van der Waals surface area contributed by atoms with Crippen molar-refractivity contribution >= 4 is 60.4 Å². The van der Waals surface area contributed by atoms with Crippen LogP contribution in [0.2, 0.25) is 0 Å². The molecule has 0 unspecified atom stereocenters. The number of rotatable bonds is 8. The summed E-state index contributed by atoms with van der Waals surface area (Å²) in [6.45, 7) is 0. The summed E-state index contributed by atoms with van der Waals surface area (Å²) in [5.74, 6) is 0.